The molecule has 2 heterocycles. The number of nitrogens with one attached hydrogen (secondary N) is 2. The van der Waals surface area contributed by atoms with E-state index >= 15 is 0 Å². The zero-order chi connectivity index (χ0) is 13.8. The molecule has 102 valence electrons. The van der Waals surface area contributed by atoms with Gasteiger partial charge in [0.05, 0.1) is 10.5 Å². The molecule has 8 heteroatoms. The molecule has 0 aromatic carbocycles. The van der Waals surface area contributed by atoms with Gasteiger partial charge in [-0.05, 0) is 19.4 Å². The first-order chi connectivity index (χ1) is 9.08. The molecule has 1 saturated heterocycles. The van der Waals surface area contributed by atoms with Crippen molar-refractivity contribution < 1.29 is 9.72 Å². The average Bonchev–Trinajstić information content (AvgIpc) is 2.40. The van der Waals surface area contributed by atoms with Crippen molar-refractivity contribution in [2.75, 3.05) is 13.1 Å². The molecule has 1 aliphatic rings. The number of carbonyl (C=O) groups excluding carboxylic acids is 1. The second-order valence-corrected chi connectivity index (χ2v) is 4.66. The van der Waals surface area contributed by atoms with E-state index in [1.54, 1.807) is 0 Å². The smallest absolute Gasteiger partial charge is 0.288 e. The normalized spacial score (nSPS) is 18.9. The van der Waals surface area contributed by atoms with E-state index in [4.69, 9.17) is 11.6 Å². The first-order valence-electron chi connectivity index (χ1n) is 5.89. The van der Waals surface area contributed by atoms with E-state index in [1.807, 2.05) is 0 Å². The topological polar surface area (TPSA) is 97.2 Å². The van der Waals surface area contributed by atoms with Gasteiger partial charge in [-0.3, -0.25) is 14.9 Å². The van der Waals surface area contributed by atoms with E-state index in [1.165, 1.54) is 0 Å². The lowest BCUT2D eigenvalue weighted by Gasteiger charge is -2.23. The number of pyridine rings is 1. The van der Waals surface area contributed by atoms with E-state index < -0.39 is 10.8 Å². The number of halogens is 1. The van der Waals surface area contributed by atoms with Gasteiger partial charge in [-0.2, -0.15) is 0 Å². The Morgan fingerprint density at radius 2 is 2.42 bits per heavy atom. The van der Waals surface area contributed by atoms with Crippen LogP contribution in [0.4, 0.5) is 5.69 Å². The Bertz CT molecular complexity index is 503. The molecule has 0 saturated carbocycles. The number of carbonyl (C=O) groups is 1. The molecule has 0 aliphatic carbocycles. The molecule has 1 amide bonds. The monoisotopic (exact) mass is 284 g/mol. The molecule has 0 bridgehead atoms. The summed E-state index contributed by atoms with van der Waals surface area (Å²) in [7, 11) is 0. The molecule has 1 aliphatic heterocycles. The SMILES string of the molecule is O=C(NC1CCCNC1)c1cc([N+](=O)[O-])cnc1Cl. The van der Waals surface area contributed by atoms with Gasteiger partial charge in [-0.15, -0.1) is 0 Å². The van der Waals surface area contributed by atoms with Crippen LogP contribution in [-0.4, -0.2) is 34.9 Å². The molecule has 1 fully saturated rings. The molecule has 19 heavy (non-hydrogen) atoms. The number of aromatic nitrogens is 1. The maximum absolute atomic E-state index is 12.0. The summed E-state index contributed by atoms with van der Waals surface area (Å²) in [5, 5.41) is 16.6. The Hall–Kier alpha value is -1.73. The van der Waals surface area contributed by atoms with Gasteiger partial charge in [0.15, 0.2) is 0 Å². The zero-order valence-corrected chi connectivity index (χ0v) is 10.8. The summed E-state index contributed by atoms with van der Waals surface area (Å²) in [5.41, 5.74) is -0.224. The predicted octanol–water partition coefficient (Wildman–Crippen LogP) is 1.12. The van der Waals surface area contributed by atoms with Crippen LogP contribution in [-0.2, 0) is 0 Å². The third-order valence-corrected chi connectivity index (χ3v) is 3.21. The number of rotatable bonds is 3. The highest BCUT2D eigenvalue weighted by molar-refractivity contribution is 6.32. The molecule has 7 nitrogen and oxygen atoms in total. The lowest BCUT2D eigenvalue weighted by atomic mass is 10.1. The second-order valence-electron chi connectivity index (χ2n) is 4.31. The predicted molar refractivity (Wildman–Crippen MR) is 69.3 cm³/mol. The fourth-order valence-corrected chi connectivity index (χ4v) is 2.12. The highest BCUT2D eigenvalue weighted by Crippen LogP contribution is 2.19. The van der Waals surface area contributed by atoms with Crippen LogP contribution in [0.25, 0.3) is 0 Å². The van der Waals surface area contributed by atoms with Crippen LogP contribution in [0.5, 0.6) is 0 Å². The minimum Gasteiger partial charge on any atom is -0.348 e. The van der Waals surface area contributed by atoms with Gasteiger partial charge in [0.25, 0.3) is 11.6 Å². The summed E-state index contributed by atoms with van der Waals surface area (Å²) in [6, 6.07) is 1.15. The van der Waals surface area contributed by atoms with Crippen molar-refractivity contribution in [2.24, 2.45) is 0 Å². The van der Waals surface area contributed by atoms with Crippen molar-refractivity contribution in [3.05, 3.63) is 33.1 Å². The Labute approximate surface area is 114 Å². The van der Waals surface area contributed by atoms with Crippen molar-refractivity contribution in [2.45, 2.75) is 18.9 Å². The third-order valence-electron chi connectivity index (χ3n) is 2.91. The molecule has 2 rings (SSSR count). The van der Waals surface area contributed by atoms with Gasteiger partial charge in [-0.25, -0.2) is 4.98 Å². The maximum atomic E-state index is 12.0. The largest absolute Gasteiger partial charge is 0.348 e. The lowest BCUT2D eigenvalue weighted by Crippen LogP contribution is -2.45. The fourth-order valence-electron chi connectivity index (χ4n) is 1.93. The molecular formula is C11H13ClN4O3. The van der Waals surface area contributed by atoms with Crippen LogP contribution in [0.2, 0.25) is 5.15 Å². The summed E-state index contributed by atoms with van der Waals surface area (Å²) >= 11 is 5.80. The van der Waals surface area contributed by atoms with Crippen molar-refractivity contribution >= 4 is 23.2 Å². The molecule has 2 N–H and O–H groups in total. The van der Waals surface area contributed by atoms with Crippen molar-refractivity contribution in [3.63, 3.8) is 0 Å². The summed E-state index contributed by atoms with van der Waals surface area (Å²) in [4.78, 5) is 25.7. The standard InChI is InChI=1S/C11H13ClN4O3/c12-10-9(4-8(6-14-10)16(18)19)11(17)15-7-2-1-3-13-5-7/h4,6-7,13H,1-3,5H2,(H,15,17). The van der Waals surface area contributed by atoms with Crippen LogP contribution in [0.3, 0.4) is 0 Å². The molecule has 0 radical (unpaired) electrons. The van der Waals surface area contributed by atoms with Gasteiger partial charge in [0.2, 0.25) is 0 Å². The van der Waals surface area contributed by atoms with E-state index in [2.05, 4.69) is 15.6 Å². The van der Waals surface area contributed by atoms with E-state index in [0.717, 1.165) is 31.6 Å². The van der Waals surface area contributed by atoms with E-state index in [0.29, 0.717) is 6.54 Å². The van der Waals surface area contributed by atoms with Crippen molar-refractivity contribution in [3.8, 4) is 0 Å². The molecule has 0 spiro atoms. The van der Waals surface area contributed by atoms with Gasteiger partial charge in [0.1, 0.15) is 11.3 Å². The van der Waals surface area contributed by atoms with Crippen LogP contribution < -0.4 is 10.6 Å². The maximum Gasteiger partial charge on any atom is 0.288 e. The summed E-state index contributed by atoms with van der Waals surface area (Å²) in [6.07, 6.45) is 2.88. The van der Waals surface area contributed by atoms with Gasteiger partial charge in [0, 0.05) is 18.7 Å². The summed E-state index contributed by atoms with van der Waals surface area (Å²) in [6.45, 7) is 1.62. The molecular weight excluding hydrogens is 272 g/mol. The number of hydrogen-bond donors (Lipinski definition) is 2. The Morgan fingerprint density at radius 3 is 3.05 bits per heavy atom. The second kappa shape index (κ2) is 5.94. The third kappa shape index (κ3) is 3.39. The van der Waals surface area contributed by atoms with Crippen molar-refractivity contribution in [1.82, 2.24) is 15.6 Å². The van der Waals surface area contributed by atoms with Crippen LogP contribution in [0.15, 0.2) is 12.3 Å². The van der Waals surface area contributed by atoms with E-state index in [-0.39, 0.29) is 22.4 Å². The van der Waals surface area contributed by atoms with Crippen molar-refractivity contribution in [1.29, 1.82) is 0 Å². The quantitative estimate of drug-likeness (QED) is 0.492. The Balaban J connectivity index is 2.13. The molecule has 1 unspecified atom stereocenters. The summed E-state index contributed by atoms with van der Waals surface area (Å²) in [5.74, 6) is -0.435. The first-order valence-corrected chi connectivity index (χ1v) is 6.27. The van der Waals surface area contributed by atoms with Gasteiger partial charge >= 0.3 is 0 Å². The van der Waals surface area contributed by atoms with Crippen LogP contribution in [0.1, 0.15) is 23.2 Å². The minimum absolute atomic E-state index is 0.0107. The molecule has 1 aromatic rings. The Kier molecular flexibility index (Phi) is 4.28. The lowest BCUT2D eigenvalue weighted by molar-refractivity contribution is -0.385. The van der Waals surface area contributed by atoms with Gasteiger partial charge in [-0.1, -0.05) is 11.6 Å². The van der Waals surface area contributed by atoms with Crippen LogP contribution in [0, 0.1) is 10.1 Å². The molecule has 1 aromatic heterocycles. The number of piperidine rings is 1. The zero-order valence-electron chi connectivity index (χ0n) is 10.1. The highest BCUT2D eigenvalue weighted by atomic mass is 35.5. The minimum atomic E-state index is -0.609. The number of nitro groups is 1. The van der Waals surface area contributed by atoms with E-state index in [9.17, 15) is 14.9 Å². The number of hydrogen-bond acceptors (Lipinski definition) is 5. The van der Waals surface area contributed by atoms with Crippen LogP contribution >= 0.6 is 11.6 Å². The molecule has 1 atom stereocenters. The first kappa shape index (κ1) is 13.7. The number of amides is 1. The summed E-state index contributed by atoms with van der Waals surface area (Å²) < 4.78 is 0. The number of nitrogens with zero attached hydrogens (tertiary/aromatic N) is 2. The highest BCUT2D eigenvalue weighted by Gasteiger charge is 2.21. The fraction of sp³-hybridized carbons (Fsp3) is 0.455. The average molecular weight is 285 g/mol. The van der Waals surface area contributed by atoms with Gasteiger partial charge < -0.3 is 10.6 Å². The Morgan fingerprint density at radius 1 is 1.63 bits per heavy atom.